The van der Waals surface area contributed by atoms with Crippen molar-refractivity contribution in [3.05, 3.63) is 70.3 Å². The van der Waals surface area contributed by atoms with Crippen molar-refractivity contribution in [1.29, 1.82) is 0 Å². The molecule has 0 aliphatic rings. The fraction of sp³-hybridized carbons (Fsp3) is 0.409. The van der Waals surface area contributed by atoms with Crippen molar-refractivity contribution in [3.8, 4) is 0 Å². The number of allylic oxidation sites excluding steroid dienone is 6. The van der Waals surface area contributed by atoms with E-state index in [1.807, 2.05) is 12.1 Å². The number of rotatable bonds is 9. The number of nitrogens with two attached hydrogens (primary N) is 1. The quantitative estimate of drug-likeness (QED) is 0.422. The van der Waals surface area contributed by atoms with Gasteiger partial charge in [0.1, 0.15) is 4.99 Å². The van der Waals surface area contributed by atoms with Gasteiger partial charge < -0.3 is 5.73 Å². The molecular formula is C22H31NS. The first-order valence-electron chi connectivity index (χ1n) is 8.72. The van der Waals surface area contributed by atoms with Gasteiger partial charge in [-0.05, 0) is 65.4 Å². The van der Waals surface area contributed by atoms with E-state index in [1.54, 1.807) is 0 Å². The molecule has 1 rings (SSSR count). The van der Waals surface area contributed by atoms with Crippen molar-refractivity contribution >= 4 is 17.2 Å². The third-order valence-electron chi connectivity index (χ3n) is 4.05. The molecule has 0 saturated heterocycles. The summed E-state index contributed by atoms with van der Waals surface area (Å²) in [5.74, 6) is 0. The van der Waals surface area contributed by atoms with E-state index >= 15 is 0 Å². The molecule has 1 nitrogen and oxygen atoms in total. The minimum Gasteiger partial charge on any atom is -0.389 e. The van der Waals surface area contributed by atoms with Gasteiger partial charge in [0.15, 0.2) is 0 Å². The van der Waals surface area contributed by atoms with Crippen LogP contribution in [0.4, 0.5) is 0 Å². The van der Waals surface area contributed by atoms with Crippen LogP contribution in [0.15, 0.2) is 59.2 Å². The zero-order valence-electron chi connectivity index (χ0n) is 15.6. The highest BCUT2D eigenvalue weighted by Gasteiger charge is 1.97. The predicted octanol–water partition coefficient (Wildman–Crippen LogP) is 6.28. The Hall–Kier alpha value is -1.67. The molecule has 0 spiro atoms. The molecule has 0 heterocycles. The van der Waals surface area contributed by atoms with Crippen molar-refractivity contribution in [3.63, 3.8) is 0 Å². The zero-order chi connectivity index (χ0) is 17.9. The van der Waals surface area contributed by atoms with Crippen molar-refractivity contribution in [2.24, 2.45) is 5.73 Å². The molecule has 1 aromatic carbocycles. The van der Waals surface area contributed by atoms with E-state index in [1.165, 1.54) is 28.7 Å². The summed E-state index contributed by atoms with van der Waals surface area (Å²) in [6.07, 6.45) is 12.6. The van der Waals surface area contributed by atoms with E-state index in [4.69, 9.17) is 18.0 Å². The average Bonchev–Trinajstić information content (AvgIpc) is 2.53. The summed E-state index contributed by atoms with van der Waals surface area (Å²) in [5, 5.41) is 0. The fourth-order valence-electron chi connectivity index (χ4n) is 2.44. The average molecular weight is 342 g/mol. The number of benzene rings is 1. The molecule has 2 N–H and O–H groups in total. The van der Waals surface area contributed by atoms with Crippen LogP contribution in [0.1, 0.15) is 64.5 Å². The van der Waals surface area contributed by atoms with Crippen LogP contribution >= 0.6 is 12.2 Å². The molecule has 2 heteroatoms. The van der Waals surface area contributed by atoms with Crippen LogP contribution in [0.2, 0.25) is 0 Å². The Labute approximate surface area is 153 Å². The SMILES string of the molecule is CC(C)=CCCC(C)=CCCC(C)=CCc1ccc(C(N)=S)cc1. The summed E-state index contributed by atoms with van der Waals surface area (Å²) in [4.78, 5) is 0.458. The van der Waals surface area contributed by atoms with Crippen LogP contribution < -0.4 is 5.73 Å². The Balaban J connectivity index is 2.38. The minimum absolute atomic E-state index is 0.458. The molecule has 0 aromatic heterocycles. The van der Waals surface area contributed by atoms with Crippen molar-refractivity contribution in [2.45, 2.75) is 59.8 Å². The number of hydrogen-bond donors (Lipinski definition) is 1. The van der Waals surface area contributed by atoms with Crippen LogP contribution in [-0.4, -0.2) is 4.99 Å². The van der Waals surface area contributed by atoms with Crippen molar-refractivity contribution in [1.82, 2.24) is 0 Å². The maximum Gasteiger partial charge on any atom is 0.103 e. The second-order valence-electron chi connectivity index (χ2n) is 6.73. The van der Waals surface area contributed by atoms with E-state index in [2.05, 4.69) is 58.1 Å². The molecule has 1 aromatic rings. The van der Waals surface area contributed by atoms with Gasteiger partial charge in [-0.3, -0.25) is 0 Å². The lowest BCUT2D eigenvalue weighted by molar-refractivity contribution is 0.914. The highest BCUT2D eigenvalue weighted by molar-refractivity contribution is 7.80. The largest absolute Gasteiger partial charge is 0.389 e. The molecule has 0 bridgehead atoms. The van der Waals surface area contributed by atoms with Crippen LogP contribution in [0.25, 0.3) is 0 Å². The Morgan fingerprint density at radius 1 is 0.875 bits per heavy atom. The fourth-order valence-corrected chi connectivity index (χ4v) is 2.57. The van der Waals surface area contributed by atoms with Gasteiger partial charge in [0, 0.05) is 5.56 Å². The molecule has 0 fully saturated rings. The monoisotopic (exact) mass is 341 g/mol. The van der Waals surface area contributed by atoms with Gasteiger partial charge in [0.05, 0.1) is 0 Å². The van der Waals surface area contributed by atoms with Crippen LogP contribution in [0.5, 0.6) is 0 Å². The van der Waals surface area contributed by atoms with E-state index in [-0.39, 0.29) is 0 Å². The first-order chi connectivity index (χ1) is 11.4. The Morgan fingerprint density at radius 2 is 1.42 bits per heavy atom. The summed E-state index contributed by atoms with van der Waals surface area (Å²) >= 11 is 4.98. The molecule has 24 heavy (non-hydrogen) atoms. The third kappa shape index (κ3) is 8.83. The summed E-state index contributed by atoms with van der Waals surface area (Å²) in [5.41, 5.74) is 12.2. The topological polar surface area (TPSA) is 26.0 Å². The van der Waals surface area contributed by atoms with Crippen molar-refractivity contribution < 1.29 is 0 Å². The molecule has 0 aliphatic heterocycles. The maximum absolute atomic E-state index is 5.62. The summed E-state index contributed by atoms with van der Waals surface area (Å²) in [6.45, 7) is 8.77. The molecule has 0 atom stereocenters. The van der Waals surface area contributed by atoms with Crippen LogP contribution in [0, 0.1) is 0 Å². The second kappa shape index (κ2) is 11.0. The molecule has 0 unspecified atom stereocenters. The number of thiocarbonyl (C=S) groups is 1. The van der Waals surface area contributed by atoms with Gasteiger partial charge in [-0.15, -0.1) is 0 Å². The van der Waals surface area contributed by atoms with Gasteiger partial charge >= 0.3 is 0 Å². The first kappa shape index (κ1) is 20.4. The standard InChI is InChI=1S/C22H31NS/c1-17(2)7-5-8-18(3)9-6-10-19(4)11-12-20-13-15-21(16-14-20)22(23)24/h7,9,11,13-16H,5-6,8,10,12H2,1-4H3,(H2,23,24). The van der Waals surface area contributed by atoms with Gasteiger partial charge in [0.25, 0.3) is 0 Å². The number of hydrogen-bond acceptors (Lipinski definition) is 1. The van der Waals surface area contributed by atoms with Gasteiger partial charge in [0.2, 0.25) is 0 Å². The van der Waals surface area contributed by atoms with E-state index in [9.17, 15) is 0 Å². The smallest absolute Gasteiger partial charge is 0.103 e. The lowest BCUT2D eigenvalue weighted by Gasteiger charge is -2.03. The molecule has 0 amide bonds. The van der Waals surface area contributed by atoms with Crippen LogP contribution in [0.3, 0.4) is 0 Å². The molecule has 0 saturated carbocycles. The Kier molecular flexibility index (Phi) is 9.33. The first-order valence-corrected chi connectivity index (χ1v) is 9.12. The highest BCUT2D eigenvalue weighted by atomic mass is 32.1. The van der Waals surface area contributed by atoms with E-state index in [0.29, 0.717) is 4.99 Å². The lowest BCUT2D eigenvalue weighted by Crippen LogP contribution is -2.08. The summed E-state index contributed by atoms with van der Waals surface area (Å²) in [6, 6.07) is 8.20. The molecule has 0 aliphatic carbocycles. The van der Waals surface area contributed by atoms with Crippen LogP contribution in [-0.2, 0) is 6.42 Å². The van der Waals surface area contributed by atoms with Gasteiger partial charge in [-0.2, -0.15) is 0 Å². The normalized spacial score (nSPS) is 12.2. The molecular weight excluding hydrogens is 310 g/mol. The van der Waals surface area contributed by atoms with Crippen molar-refractivity contribution in [2.75, 3.05) is 0 Å². The van der Waals surface area contributed by atoms with E-state index in [0.717, 1.165) is 31.2 Å². The molecule has 0 radical (unpaired) electrons. The van der Waals surface area contributed by atoms with E-state index < -0.39 is 0 Å². The second-order valence-corrected chi connectivity index (χ2v) is 7.16. The maximum atomic E-state index is 5.62. The van der Waals surface area contributed by atoms with Gasteiger partial charge in [-0.25, -0.2) is 0 Å². The molecule has 130 valence electrons. The Morgan fingerprint density at radius 3 is 1.96 bits per heavy atom. The third-order valence-corrected chi connectivity index (χ3v) is 4.28. The zero-order valence-corrected chi connectivity index (χ0v) is 16.4. The summed E-state index contributed by atoms with van der Waals surface area (Å²) < 4.78 is 0. The Bertz CT molecular complexity index is 614. The highest BCUT2D eigenvalue weighted by Crippen LogP contribution is 2.13. The summed E-state index contributed by atoms with van der Waals surface area (Å²) in [7, 11) is 0. The predicted molar refractivity (Wildman–Crippen MR) is 111 cm³/mol. The van der Waals surface area contributed by atoms with Gasteiger partial charge in [-0.1, -0.05) is 71.4 Å². The minimum atomic E-state index is 0.458. The lowest BCUT2D eigenvalue weighted by atomic mass is 10.0.